The number of unbranched alkanes of at least 4 members (excludes halogenated alkanes) is 2. The predicted molar refractivity (Wildman–Crippen MR) is 201 cm³/mol. The number of allylic oxidation sites excluding steroid dienone is 1. The van der Waals surface area contributed by atoms with Gasteiger partial charge in [0.15, 0.2) is 0 Å². The first-order valence-electron chi connectivity index (χ1n) is 18.4. The topological polar surface area (TPSA) is 116 Å². The van der Waals surface area contributed by atoms with Gasteiger partial charge in [0.25, 0.3) is 0 Å². The fraction of sp³-hybridized carbons (Fsp3) is 0.488. The van der Waals surface area contributed by atoms with Crippen molar-refractivity contribution in [2.75, 3.05) is 32.7 Å². The number of oxime groups is 1. The van der Waals surface area contributed by atoms with Gasteiger partial charge < -0.3 is 29.3 Å². The van der Waals surface area contributed by atoms with E-state index in [0.717, 1.165) is 72.6 Å². The van der Waals surface area contributed by atoms with Crippen LogP contribution in [-0.2, 0) is 22.6 Å². The zero-order chi connectivity index (χ0) is 36.3. The maximum atomic E-state index is 14.6. The molecule has 0 radical (unpaired) electrons. The van der Waals surface area contributed by atoms with Crippen LogP contribution in [0.5, 0.6) is 11.5 Å². The number of hydrogen-bond acceptors (Lipinski definition) is 10. The molecule has 6 atom stereocenters. The Bertz CT molecular complexity index is 1690. The number of benzene rings is 2. The summed E-state index contributed by atoms with van der Waals surface area (Å²) in [5, 5.41) is 24.0. The highest BCUT2D eigenvalue weighted by atomic mass is 32.2. The van der Waals surface area contributed by atoms with Crippen LogP contribution in [0, 0.1) is 23.6 Å². The minimum atomic E-state index is -1.06. The van der Waals surface area contributed by atoms with Crippen LogP contribution in [-0.4, -0.2) is 69.6 Å². The van der Waals surface area contributed by atoms with Crippen LogP contribution >= 0.6 is 11.8 Å². The summed E-state index contributed by atoms with van der Waals surface area (Å²) >= 11 is 1.78. The van der Waals surface area contributed by atoms with Crippen LogP contribution in [0.15, 0.2) is 90.5 Å². The molecule has 2 heterocycles. The number of thioether (sulfide) groups is 1. The molecule has 1 saturated carbocycles. The zero-order valence-corrected chi connectivity index (χ0v) is 30.7. The number of rotatable bonds is 19. The third-order valence-corrected chi connectivity index (χ3v) is 11.8. The lowest BCUT2D eigenvalue weighted by atomic mass is 9.56. The monoisotopic (exact) mass is 731 g/mol. The van der Waals surface area contributed by atoms with Crippen LogP contribution in [0.1, 0.15) is 67.7 Å². The van der Waals surface area contributed by atoms with E-state index in [1.807, 2.05) is 12.1 Å². The Morgan fingerprint density at radius 1 is 1.10 bits per heavy atom. The van der Waals surface area contributed by atoms with Gasteiger partial charge in [-0.1, -0.05) is 48.3 Å². The first kappa shape index (κ1) is 38.0. The number of nitrogens with zero attached hydrogens (tertiary/aromatic N) is 3. The molecular formula is C41H50FN3O6S. The molecule has 0 bridgehead atoms. The number of aliphatic hydroxyl groups excluding tert-OH is 2. The van der Waals surface area contributed by atoms with Crippen LogP contribution in [0.2, 0.25) is 0 Å². The molecule has 1 fully saturated rings. The Balaban J connectivity index is 1.46. The summed E-state index contributed by atoms with van der Waals surface area (Å²) in [6.07, 6.45) is 15.6. The standard InChI is InChI=1S/C41H50FN3O6S/c1-3-21-50-41-38(52-22-16-30-26-43-17-18-44-30)25-36(45-48-2)33-23-28(10-6-8-19-46)32(12-7-9-20-47)39(40(33)41)34-24-31(14-15-37(34)51-41)49-27-29-11-4-5-13-35(29)42/h3-5,11,13-15,17-18,23-24,26,28,32,38-40,46-47H,1,6-10,12,16,19-22,25,27H2,2H3/t28-,32+,38-,39+,40+,41+/m0/s1. The molecule has 3 aromatic rings. The SMILES string of the molecule is C=CCO[C@@]12Oc3ccc(OCc4ccccc4F)cc3[C@H]3[C@H](CCCCO)[C@@H](CCCCO)C=C(C(=NOC)C[C@@H]1SCCc1cnccn1)[C@H]32. The second kappa shape index (κ2) is 18.3. The highest BCUT2D eigenvalue weighted by Crippen LogP contribution is 2.62. The van der Waals surface area contributed by atoms with Crippen molar-refractivity contribution in [2.24, 2.45) is 22.9 Å². The van der Waals surface area contributed by atoms with Gasteiger partial charge >= 0.3 is 0 Å². The Morgan fingerprint density at radius 2 is 1.92 bits per heavy atom. The van der Waals surface area contributed by atoms with Crippen LogP contribution < -0.4 is 9.47 Å². The molecule has 0 saturated heterocycles. The molecule has 0 spiro atoms. The summed E-state index contributed by atoms with van der Waals surface area (Å²) < 4.78 is 35.0. The lowest BCUT2D eigenvalue weighted by molar-refractivity contribution is -0.223. The van der Waals surface area contributed by atoms with Crippen molar-refractivity contribution in [1.29, 1.82) is 0 Å². The molecular weight excluding hydrogens is 682 g/mol. The maximum Gasteiger partial charge on any atom is 0.230 e. The lowest BCUT2D eigenvalue weighted by Gasteiger charge is -2.58. The molecule has 2 aliphatic carbocycles. The molecule has 0 unspecified atom stereocenters. The van der Waals surface area contributed by atoms with Crippen LogP contribution in [0.25, 0.3) is 0 Å². The van der Waals surface area contributed by atoms with E-state index in [1.165, 1.54) is 6.07 Å². The first-order chi connectivity index (χ1) is 25.5. The highest BCUT2D eigenvalue weighted by Gasteiger charge is 2.63. The van der Waals surface area contributed by atoms with Gasteiger partial charge in [-0.25, -0.2) is 4.39 Å². The minimum absolute atomic E-state index is 0.0613. The fourth-order valence-electron chi connectivity index (χ4n) is 8.22. The largest absolute Gasteiger partial charge is 0.489 e. The molecule has 2 N–H and O–H groups in total. The van der Waals surface area contributed by atoms with Gasteiger partial charge in [-0.05, 0) is 73.1 Å². The predicted octanol–water partition coefficient (Wildman–Crippen LogP) is 7.43. The number of halogens is 1. The van der Waals surface area contributed by atoms with E-state index in [1.54, 1.807) is 61.7 Å². The summed E-state index contributed by atoms with van der Waals surface area (Å²) in [6.45, 7) is 4.67. The van der Waals surface area contributed by atoms with E-state index in [9.17, 15) is 14.6 Å². The number of aromatic nitrogens is 2. The minimum Gasteiger partial charge on any atom is -0.489 e. The quantitative estimate of drug-likeness (QED) is 0.0738. The second-order valence-electron chi connectivity index (χ2n) is 13.6. The summed E-state index contributed by atoms with van der Waals surface area (Å²) in [4.78, 5) is 14.3. The van der Waals surface area contributed by atoms with Crippen molar-refractivity contribution in [3.8, 4) is 11.5 Å². The normalized spacial score (nSPS) is 25.4. The molecule has 9 nitrogen and oxygen atoms in total. The summed E-state index contributed by atoms with van der Waals surface area (Å²) in [5.41, 5.74) is 4.37. The molecule has 2 aromatic carbocycles. The molecule has 11 heteroatoms. The van der Waals surface area contributed by atoms with Crippen LogP contribution in [0.4, 0.5) is 4.39 Å². The highest BCUT2D eigenvalue weighted by molar-refractivity contribution is 8.00. The molecule has 52 heavy (non-hydrogen) atoms. The van der Waals surface area contributed by atoms with Crippen molar-refractivity contribution < 1.29 is 33.7 Å². The average molecular weight is 732 g/mol. The summed E-state index contributed by atoms with van der Waals surface area (Å²) in [6, 6.07) is 12.6. The molecule has 1 aromatic heterocycles. The number of aliphatic hydroxyl groups is 2. The summed E-state index contributed by atoms with van der Waals surface area (Å²) in [5.74, 6) is 0.805. The zero-order valence-electron chi connectivity index (χ0n) is 29.9. The first-order valence-corrected chi connectivity index (χ1v) is 19.4. The van der Waals surface area contributed by atoms with Gasteiger partial charge in [0.2, 0.25) is 5.79 Å². The molecule has 1 aliphatic heterocycles. The van der Waals surface area contributed by atoms with E-state index in [4.69, 9.17) is 19.0 Å². The van der Waals surface area contributed by atoms with Crippen molar-refractivity contribution in [3.05, 3.63) is 108 Å². The van der Waals surface area contributed by atoms with Gasteiger partial charge in [-0.15, -0.1) is 6.58 Å². The second-order valence-corrected chi connectivity index (χ2v) is 14.9. The lowest BCUT2D eigenvalue weighted by Crippen LogP contribution is -2.64. The van der Waals surface area contributed by atoms with Crippen LogP contribution in [0.3, 0.4) is 0 Å². The molecule has 0 amide bonds. The van der Waals surface area contributed by atoms with E-state index in [0.29, 0.717) is 30.8 Å². The number of aryl methyl sites for hydroxylation is 1. The average Bonchev–Trinajstić information content (AvgIpc) is 3.16. The maximum absolute atomic E-state index is 14.6. The molecule has 278 valence electrons. The molecule has 3 aliphatic rings. The van der Waals surface area contributed by atoms with Crippen molar-refractivity contribution >= 4 is 17.5 Å². The third-order valence-electron chi connectivity index (χ3n) is 10.5. The van der Waals surface area contributed by atoms with Crippen molar-refractivity contribution in [2.45, 2.75) is 74.9 Å². The Hall–Kier alpha value is -3.77. The van der Waals surface area contributed by atoms with E-state index >= 15 is 0 Å². The van der Waals surface area contributed by atoms with E-state index in [2.05, 4.69) is 33.8 Å². The van der Waals surface area contributed by atoms with Gasteiger partial charge in [0.1, 0.15) is 31.0 Å². The third kappa shape index (κ3) is 8.38. The van der Waals surface area contributed by atoms with E-state index in [-0.39, 0.29) is 54.6 Å². The van der Waals surface area contributed by atoms with E-state index < -0.39 is 5.79 Å². The number of hydrogen-bond donors (Lipinski definition) is 2. The molecule has 6 rings (SSSR count). The van der Waals surface area contributed by atoms with Gasteiger partial charge in [-0.3, -0.25) is 9.97 Å². The Kier molecular flexibility index (Phi) is 13.4. The Labute approximate surface area is 310 Å². The van der Waals surface area contributed by atoms with Gasteiger partial charge in [0.05, 0.1) is 29.2 Å². The summed E-state index contributed by atoms with van der Waals surface area (Å²) in [7, 11) is 1.59. The smallest absolute Gasteiger partial charge is 0.230 e. The van der Waals surface area contributed by atoms with Gasteiger partial charge in [0, 0.05) is 61.7 Å². The van der Waals surface area contributed by atoms with Crippen molar-refractivity contribution in [3.63, 3.8) is 0 Å². The number of ether oxygens (including phenoxy) is 3. The fourth-order valence-corrected chi connectivity index (χ4v) is 9.60. The Morgan fingerprint density at radius 3 is 2.67 bits per heavy atom. The van der Waals surface area contributed by atoms with Gasteiger partial charge in [-0.2, -0.15) is 11.8 Å². The number of fused-ring (bicyclic) bond motifs is 2. The van der Waals surface area contributed by atoms with Crippen molar-refractivity contribution in [1.82, 2.24) is 9.97 Å².